The van der Waals surface area contributed by atoms with Gasteiger partial charge in [0.25, 0.3) is 0 Å². The number of hydroxylamine groups is 1. The highest BCUT2D eigenvalue weighted by molar-refractivity contribution is 5.76. The molecular formula is C15H19NO3. The second-order valence-electron chi connectivity index (χ2n) is 5.37. The molecule has 0 radical (unpaired) electrons. The number of aliphatic carboxylic acids is 1. The zero-order valence-electron chi connectivity index (χ0n) is 11.2. The highest BCUT2D eigenvalue weighted by Gasteiger charge is 2.30. The van der Waals surface area contributed by atoms with Crippen molar-refractivity contribution in [1.82, 2.24) is 5.48 Å². The fourth-order valence-electron chi connectivity index (χ4n) is 1.89. The zero-order chi connectivity index (χ0) is 13.9. The predicted octanol–water partition coefficient (Wildman–Crippen LogP) is 2.52. The lowest BCUT2D eigenvalue weighted by Gasteiger charge is -2.29. The van der Waals surface area contributed by atoms with Crippen LogP contribution in [-0.4, -0.2) is 16.7 Å². The Morgan fingerprint density at radius 3 is 2.63 bits per heavy atom. The van der Waals surface area contributed by atoms with Gasteiger partial charge in [-0.3, -0.25) is 10.3 Å². The third-order valence-electron chi connectivity index (χ3n) is 3.21. The van der Waals surface area contributed by atoms with Gasteiger partial charge in [0, 0.05) is 5.70 Å². The minimum Gasteiger partial charge on any atom is -0.479 e. The summed E-state index contributed by atoms with van der Waals surface area (Å²) < 4.78 is 0. The van der Waals surface area contributed by atoms with Crippen molar-refractivity contribution in [1.29, 1.82) is 0 Å². The van der Waals surface area contributed by atoms with Gasteiger partial charge in [0.05, 0.1) is 0 Å². The lowest BCUT2D eigenvalue weighted by molar-refractivity contribution is -0.169. The summed E-state index contributed by atoms with van der Waals surface area (Å²) >= 11 is 0. The van der Waals surface area contributed by atoms with Crippen molar-refractivity contribution in [2.24, 2.45) is 5.92 Å². The Morgan fingerprint density at radius 1 is 1.42 bits per heavy atom. The molecule has 4 nitrogen and oxygen atoms in total. The van der Waals surface area contributed by atoms with Crippen molar-refractivity contribution in [3.8, 4) is 0 Å². The van der Waals surface area contributed by atoms with Gasteiger partial charge in [-0.25, -0.2) is 4.79 Å². The third-order valence-corrected chi connectivity index (χ3v) is 3.21. The number of benzene rings is 1. The number of carboxylic acid groups (broad SMARTS) is 1. The van der Waals surface area contributed by atoms with Crippen LogP contribution in [0.5, 0.6) is 0 Å². The summed E-state index contributed by atoms with van der Waals surface area (Å²) in [6, 6.07) is 10.3. The maximum atomic E-state index is 10.9. The van der Waals surface area contributed by atoms with Gasteiger partial charge >= 0.3 is 5.97 Å². The SMILES string of the molecule is CC(C)(ONC1=CC(Cc2ccccc2)C1)C(=O)O. The standard InChI is InChI=1S/C15H19NO3/c1-15(2,14(17)18)19-16-13-9-12(10-13)8-11-6-4-3-5-7-11/h3-7,9,12,16H,8,10H2,1-2H3,(H,17,18). The van der Waals surface area contributed by atoms with Gasteiger partial charge in [0.1, 0.15) is 0 Å². The lowest BCUT2D eigenvalue weighted by Crippen LogP contribution is -2.40. The van der Waals surface area contributed by atoms with E-state index < -0.39 is 11.6 Å². The lowest BCUT2D eigenvalue weighted by atomic mass is 9.86. The molecule has 2 rings (SSSR count). The molecule has 0 aliphatic heterocycles. The quantitative estimate of drug-likeness (QED) is 0.772. The van der Waals surface area contributed by atoms with Crippen LogP contribution in [0.3, 0.4) is 0 Å². The number of nitrogens with one attached hydrogen (secondary N) is 1. The third kappa shape index (κ3) is 3.58. The second-order valence-corrected chi connectivity index (χ2v) is 5.37. The van der Waals surface area contributed by atoms with Gasteiger partial charge in [0.15, 0.2) is 5.60 Å². The van der Waals surface area contributed by atoms with E-state index in [4.69, 9.17) is 9.94 Å². The highest BCUT2D eigenvalue weighted by Crippen LogP contribution is 2.27. The Bertz CT molecular complexity index is 479. The van der Waals surface area contributed by atoms with Crippen LogP contribution in [0, 0.1) is 5.92 Å². The summed E-state index contributed by atoms with van der Waals surface area (Å²) in [7, 11) is 0. The minimum absolute atomic E-state index is 0.501. The Hall–Kier alpha value is -1.81. The van der Waals surface area contributed by atoms with Gasteiger partial charge in [-0.05, 0) is 38.2 Å². The number of carboxylic acids is 1. The second kappa shape index (κ2) is 5.45. The Morgan fingerprint density at radius 2 is 2.05 bits per heavy atom. The van der Waals surface area contributed by atoms with Gasteiger partial charge in [0.2, 0.25) is 0 Å². The van der Waals surface area contributed by atoms with Gasteiger partial charge in [-0.2, -0.15) is 0 Å². The van der Waals surface area contributed by atoms with E-state index in [-0.39, 0.29) is 0 Å². The smallest absolute Gasteiger partial charge is 0.338 e. The van der Waals surface area contributed by atoms with Crippen LogP contribution in [0.1, 0.15) is 25.8 Å². The molecule has 0 amide bonds. The number of hydrogen-bond acceptors (Lipinski definition) is 3. The Kier molecular flexibility index (Phi) is 3.90. The summed E-state index contributed by atoms with van der Waals surface area (Å²) in [5.74, 6) is -0.484. The first-order valence-electron chi connectivity index (χ1n) is 6.39. The minimum atomic E-state index is -1.22. The largest absolute Gasteiger partial charge is 0.479 e. The van der Waals surface area contributed by atoms with E-state index in [0.29, 0.717) is 5.92 Å². The monoisotopic (exact) mass is 261 g/mol. The van der Waals surface area contributed by atoms with Crippen LogP contribution in [0.4, 0.5) is 0 Å². The molecule has 1 aromatic carbocycles. The highest BCUT2D eigenvalue weighted by atomic mass is 16.7. The maximum Gasteiger partial charge on any atom is 0.338 e. The molecule has 102 valence electrons. The molecule has 4 heteroatoms. The molecule has 0 saturated heterocycles. The first kappa shape index (κ1) is 13.6. The van der Waals surface area contributed by atoms with Crippen molar-refractivity contribution in [3.05, 3.63) is 47.7 Å². The number of rotatable bonds is 6. The molecule has 1 aromatic rings. The van der Waals surface area contributed by atoms with Gasteiger partial charge in [-0.15, -0.1) is 0 Å². The molecule has 1 aliphatic carbocycles. The number of hydrogen-bond donors (Lipinski definition) is 2. The van der Waals surface area contributed by atoms with Crippen molar-refractivity contribution in [3.63, 3.8) is 0 Å². The molecule has 0 fully saturated rings. The van der Waals surface area contributed by atoms with E-state index in [1.165, 1.54) is 19.4 Å². The summed E-state index contributed by atoms with van der Waals surface area (Å²) in [4.78, 5) is 16.0. The summed E-state index contributed by atoms with van der Waals surface area (Å²) in [6.45, 7) is 3.03. The van der Waals surface area contributed by atoms with E-state index in [2.05, 4.69) is 23.7 Å². The Labute approximate surface area is 113 Å². The average molecular weight is 261 g/mol. The van der Waals surface area contributed by atoms with E-state index in [1.807, 2.05) is 18.2 Å². The van der Waals surface area contributed by atoms with Gasteiger partial charge in [-0.1, -0.05) is 36.4 Å². The van der Waals surface area contributed by atoms with E-state index in [0.717, 1.165) is 18.5 Å². The molecule has 0 aromatic heterocycles. The normalized spacial score (nSPS) is 18.4. The van der Waals surface area contributed by atoms with Crippen molar-refractivity contribution in [2.75, 3.05) is 0 Å². The van der Waals surface area contributed by atoms with Gasteiger partial charge < -0.3 is 5.11 Å². The molecule has 0 bridgehead atoms. The maximum absolute atomic E-state index is 10.9. The fraction of sp³-hybridized carbons (Fsp3) is 0.400. The van der Waals surface area contributed by atoms with Crippen LogP contribution in [-0.2, 0) is 16.1 Å². The molecule has 1 unspecified atom stereocenters. The van der Waals surface area contributed by atoms with E-state index in [1.54, 1.807) is 0 Å². The molecule has 0 saturated carbocycles. The molecule has 19 heavy (non-hydrogen) atoms. The topological polar surface area (TPSA) is 58.6 Å². The fourth-order valence-corrected chi connectivity index (χ4v) is 1.89. The van der Waals surface area contributed by atoms with Crippen LogP contribution < -0.4 is 5.48 Å². The molecule has 1 atom stereocenters. The van der Waals surface area contributed by atoms with Crippen LogP contribution in [0.2, 0.25) is 0 Å². The van der Waals surface area contributed by atoms with E-state index in [9.17, 15) is 4.79 Å². The Balaban J connectivity index is 1.78. The summed E-state index contributed by atoms with van der Waals surface area (Å²) in [5, 5.41) is 8.91. The first-order valence-corrected chi connectivity index (χ1v) is 6.39. The first-order chi connectivity index (χ1) is 8.97. The molecular weight excluding hydrogens is 242 g/mol. The van der Waals surface area contributed by atoms with Crippen molar-refractivity contribution >= 4 is 5.97 Å². The molecule has 2 N–H and O–H groups in total. The molecule has 0 spiro atoms. The summed E-state index contributed by atoms with van der Waals surface area (Å²) in [6.07, 6.45) is 3.99. The number of allylic oxidation sites excluding steroid dienone is 2. The molecule has 0 heterocycles. The predicted molar refractivity (Wildman–Crippen MR) is 72.3 cm³/mol. The van der Waals surface area contributed by atoms with Crippen LogP contribution in [0.15, 0.2) is 42.1 Å². The van der Waals surface area contributed by atoms with Crippen LogP contribution >= 0.6 is 0 Å². The van der Waals surface area contributed by atoms with Crippen molar-refractivity contribution in [2.45, 2.75) is 32.3 Å². The average Bonchev–Trinajstić information content (AvgIpc) is 2.33. The summed E-state index contributed by atoms with van der Waals surface area (Å²) in [5.41, 5.74) is 3.79. The zero-order valence-corrected chi connectivity index (χ0v) is 11.2. The number of carbonyl (C=O) groups is 1. The van der Waals surface area contributed by atoms with E-state index >= 15 is 0 Å². The molecule has 1 aliphatic rings. The van der Waals surface area contributed by atoms with Crippen molar-refractivity contribution < 1.29 is 14.7 Å². The van der Waals surface area contributed by atoms with Crippen LogP contribution in [0.25, 0.3) is 0 Å².